The van der Waals surface area contributed by atoms with Crippen LogP contribution in [-0.4, -0.2) is 39.4 Å². The van der Waals surface area contributed by atoms with Crippen LogP contribution in [0.25, 0.3) is 22.8 Å². The number of aryl methyl sites for hydroxylation is 1. The molecule has 0 bridgehead atoms. The molecule has 8 aromatic rings. The molecule has 300 valence electrons. The van der Waals surface area contributed by atoms with Crippen molar-refractivity contribution in [2.45, 2.75) is 19.6 Å². The van der Waals surface area contributed by atoms with E-state index >= 15 is 0 Å². The number of hydrogen-bond donors (Lipinski definition) is 0. The Balaban J connectivity index is 0.000000163. The molecule has 0 amide bonds. The van der Waals surface area contributed by atoms with Gasteiger partial charge in [0.1, 0.15) is 32.9 Å². The van der Waals surface area contributed by atoms with E-state index in [1.54, 1.807) is 12.4 Å². The van der Waals surface area contributed by atoms with Crippen LogP contribution in [0.4, 0.5) is 0 Å². The topological polar surface area (TPSA) is 70.0 Å². The first-order valence-electron chi connectivity index (χ1n) is 19.8. The van der Waals surface area contributed by atoms with Crippen molar-refractivity contribution in [2.75, 3.05) is 13.2 Å². The molecule has 0 aliphatic carbocycles. The third-order valence-electron chi connectivity index (χ3n) is 9.44. The van der Waals surface area contributed by atoms with Crippen molar-refractivity contribution in [1.29, 1.82) is 0 Å². The number of aromatic nitrogens is 4. The third kappa shape index (κ3) is 13.3. The van der Waals surface area contributed by atoms with Gasteiger partial charge in [-0.05, 0) is 115 Å². The molecule has 9 rings (SSSR count). The maximum atomic E-state index is 5.46. The van der Waals surface area contributed by atoms with Gasteiger partial charge in [-0.25, -0.2) is 0 Å². The van der Waals surface area contributed by atoms with E-state index < -0.39 is 15.8 Å². The summed E-state index contributed by atoms with van der Waals surface area (Å²) in [6, 6.07) is 63.4. The van der Waals surface area contributed by atoms with E-state index in [0.29, 0.717) is 13.2 Å². The first-order chi connectivity index (χ1) is 29.2. The van der Waals surface area contributed by atoms with Crippen molar-refractivity contribution < 1.29 is 29.3 Å². The van der Waals surface area contributed by atoms with E-state index in [0.717, 1.165) is 34.8 Å². The van der Waals surface area contributed by atoms with Crippen LogP contribution in [0, 0.1) is 6.92 Å². The summed E-state index contributed by atoms with van der Waals surface area (Å²) in [6.45, 7) is 3.42. The quantitative estimate of drug-likeness (QED) is 0.127. The zero-order valence-corrected chi connectivity index (χ0v) is 38.0. The van der Waals surface area contributed by atoms with Gasteiger partial charge in [0.15, 0.2) is 6.29 Å². The summed E-state index contributed by atoms with van der Waals surface area (Å²) in [7, 11) is -1.93. The van der Waals surface area contributed by atoms with Gasteiger partial charge in [0.2, 0.25) is 0 Å². The van der Waals surface area contributed by atoms with Crippen LogP contribution in [0.1, 0.15) is 11.1 Å². The molecular weight excluding hydrogens is 953 g/mol. The molecule has 1 saturated heterocycles. The summed E-state index contributed by atoms with van der Waals surface area (Å²) in [6.07, 6.45) is 7.78. The minimum atomic E-state index is -0.964. The van der Waals surface area contributed by atoms with Crippen LogP contribution < -0.4 is 21.2 Å². The van der Waals surface area contributed by atoms with E-state index in [1.165, 1.54) is 26.8 Å². The first kappa shape index (κ1) is 44.2. The van der Waals surface area contributed by atoms with Gasteiger partial charge in [0, 0.05) is 51.0 Å². The molecule has 0 spiro atoms. The monoisotopic (exact) mass is 1000 g/mol. The van der Waals surface area contributed by atoms with Gasteiger partial charge in [0.05, 0.1) is 51.8 Å². The van der Waals surface area contributed by atoms with Gasteiger partial charge in [-0.15, -0.1) is 0 Å². The van der Waals surface area contributed by atoms with Gasteiger partial charge < -0.3 is 9.47 Å². The van der Waals surface area contributed by atoms with Gasteiger partial charge in [0.25, 0.3) is 0 Å². The molecule has 1 aliphatic rings. The second-order valence-electron chi connectivity index (χ2n) is 13.7. The van der Waals surface area contributed by atoms with Crippen LogP contribution in [0.2, 0.25) is 0 Å². The molecule has 1 aliphatic heterocycles. The Kier molecular flexibility index (Phi) is 17.7. The molecule has 6 nitrogen and oxygen atoms in total. The Hall–Kier alpha value is -5.36. The van der Waals surface area contributed by atoms with Gasteiger partial charge in [-0.2, -0.15) is 0 Å². The third-order valence-corrected chi connectivity index (χ3v) is 14.6. The smallest absolute Gasteiger partial charge is 0.161 e. The van der Waals surface area contributed by atoms with Crippen LogP contribution in [0.15, 0.2) is 218 Å². The summed E-state index contributed by atoms with van der Waals surface area (Å²) in [5.74, 6) is 5.01. The van der Waals surface area contributed by atoms with E-state index in [4.69, 9.17) is 9.47 Å². The minimum Gasteiger partial charge on any atom is -0.350 e. The molecule has 1 fully saturated rings. The van der Waals surface area contributed by atoms with Crippen molar-refractivity contribution in [1.82, 2.24) is 19.9 Å². The van der Waals surface area contributed by atoms with Crippen molar-refractivity contribution in [3.8, 4) is 22.8 Å². The normalized spacial score (nSPS) is 12.2. The predicted molar refractivity (Wildman–Crippen MR) is 249 cm³/mol. The van der Waals surface area contributed by atoms with Crippen LogP contribution in [-0.2, 0) is 35.7 Å². The second kappa shape index (κ2) is 24.0. The fourth-order valence-corrected chi connectivity index (χ4v) is 11.5. The number of rotatable bonds is 10. The van der Waals surface area contributed by atoms with Gasteiger partial charge in [-0.3, -0.25) is 19.9 Å². The summed E-state index contributed by atoms with van der Waals surface area (Å²) in [4.78, 5) is 17.1. The summed E-state index contributed by atoms with van der Waals surface area (Å²) >= 11 is 0. The zero-order chi connectivity index (χ0) is 40.3. The van der Waals surface area contributed by atoms with E-state index in [9.17, 15) is 0 Å². The van der Waals surface area contributed by atoms with Gasteiger partial charge in [-0.1, -0.05) is 84.9 Å². The second-order valence-corrected chi connectivity index (χ2v) is 18.3. The number of pyridine rings is 4. The SMILES string of the molecule is C(=C/[PH+](c1ccccc1)c1ccccc1)/[PH+](c1ccccc1)c1ccccc1.Cc1ccnc(-c2cc(CC3OCCO3)ccn2)c1.[Os].c1ccc(-c2ccccn2)nc1. The average Bonchev–Trinajstić information content (AvgIpc) is 3.83. The molecule has 5 heterocycles. The van der Waals surface area contributed by atoms with E-state index in [-0.39, 0.29) is 26.1 Å². The Morgan fingerprint density at radius 3 is 1.23 bits per heavy atom. The Morgan fingerprint density at radius 2 is 0.833 bits per heavy atom. The molecule has 0 N–H and O–H groups in total. The van der Waals surface area contributed by atoms with Crippen LogP contribution in [0.5, 0.6) is 0 Å². The number of hydrogen-bond acceptors (Lipinski definition) is 6. The number of ether oxygens (including phenoxy) is 2. The Morgan fingerprint density at radius 1 is 0.450 bits per heavy atom. The summed E-state index contributed by atoms with van der Waals surface area (Å²) in [5.41, 5.74) is 5.95. The number of benzene rings is 4. The Labute approximate surface area is 369 Å². The van der Waals surface area contributed by atoms with E-state index in [2.05, 4.69) is 160 Å². The predicted octanol–water partition coefficient (Wildman–Crippen LogP) is 9.70. The first-order valence-corrected chi connectivity index (χ1v) is 22.9. The molecule has 0 unspecified atom stereocenters. The maximum absolute atomic E-state index is 5.46. The minimum absolute atomic E-state index is 0. The van der Waals surface area contributed by atoms with Gasteiger partial charge >= 0.3 is 0 Å². The van der Waals surface area contributed by atoms with Crippen molar-refractivity contribution in [3.05, 3.63) is 230 Å². The number of nitrogens with zero attached hydrogens (tertiary/aromatic N) is 4. The van der Waals surface area contributed by atoms with Crippen molar-refractivity contribution in [3.63, 3.8) is 0 Å². The summed E-state index contributed by atoms with van der Waals surface area (Å²) < 4.78 is 10.9. The largest absolute Gasteiger partial charge is 0.350 e. The molecule has 0 radical (unpaired) electrons. The van der Waals surface area contributed by atoms with Crippen molar-refractivity contribution >= 4 is 37.1 Å². The molecule has 4 aromatic heterocycles. The molecule has 0 saturated carbocycles. The van der Waals surface area contributed by atoms with E-state index in [1.807, 2.05) is 73.1 Å². The fourth-order valence-electron chi connectivity index (χ4n) is 6.52. The molecule has 4 aromatic carbocycles. The van der Waals surface area contributed by atoms with Crippen molar-refractivity contribution in [2.24, 2.45) is 0 Å². The zero-order valence-electron chi connectivity index (χ0n) is 33.4. The Bertz CT molecular complexity index is 2250. The molecular formula is C51H48N4O2OsP2+2. The fraction of sp³-hybridized carbons (Fsp3) is 0.0980. The molecule has 60 heavy (non-hydrogen) atoms. The molecule has 0 atom stereocenters. The standard InChI is InChI=1S/C26H22P2.C15H16N2O2.C10H8N2.Os/c1-5-13-23(14-6-1)27(24-15-7-2-8-16-24)21-22-28(25-17-9-3-10-18-25)26-19-11-4-12-20-26;1-11-2-4-16-13(8-11)14-9-12(3-5-17-14)10-15-18-6-7-19-15;1-3-7-11-9(5-1)10-6-2-4-8-12-10;/h1-22H;2-5,8-9,15H,6-7,10H2,1H3;1-8H;/p+2/b22-21-;;;. The average molecular weight is 1000 g/mol. The van der Waals surface area contributed by atoms with Crippen LogP contribution >= 0.6 is 15.8 Å². The molecule has 9 heteroatoms. The summed E-state index contributed by atoms with van der Waals surface area (Å²) in [5, 5.41) is 5.71. The van der Waals surface area contributed by atoms with Crippen LogP contribution in [0.3, 0.4) is 0 Å². The maximum Gasteiger partial charge on any atom is 0.161 e.